The van der Waals surface area contributed by atoms with Gasteiger partial charge in [-0.15, -0.1) is 11.8 Å². The fraction of sp³-hybridized carbons (Fsp3) is 0.125. The van der Waals surface area contributed by atoms with Crippen LogP contribution in [0.1, 0.15) is 17.4 Å². The lowest BCUT2D eigenvalue weighted by Gasteiger charge is -2.12. The predicted molar refractivity (Wildman–Crippen MR) is 85.5 cm³/mol. The Morgan fingerprint density at radius 1 is 1.15 bits per heavy atom. The van der Waals surface area contributed by atoms with Gasteiger partial charge in [-0.2, -0.15) is 0 Å². The molecule has 1 atom stereocenters. The molecule has 2 aromatic carbocycles. The van der Waals surface area contributed by atoms with Gasteiger partial charge >= 0.3 is 0 Å². The van der Waals surface area contributed by atoms with E-state index in [1.54, 1.807) is 11.8 Å². The Balaban J connectivity index is 2.05. The Kier molecular flexibility index (Phi) is 3.74. The fourth-order valence-electron chi connectivity index (χ4n) is 2.26. The summed E-state index contributed by atoms with van der Waals surface area (Å²) in [5.74, 6) is 0.753. The molecule has 0 aliphatic heterocycles. The second-order valence-electron chi connectivity index (χ2n) is 4.55. The number of halogens is 1. The molecule has 1 aromatic heterocycles. The van der Waals surface area contributed by atoms with Crippen molar-refractivity contribution in [3.8, 4) is 0 Å². The van der Waals surface area contributed by atoms with Gasteiger partial charge in [0.1, 0.15) is 11.3 Å². The Hall–Kier alpha value is -1.42. The molecule has 0 saturated carbocycles. The summed E-state index contributed by atoms with van der Waals surface area (Å²) in [7, 11) is 0. The zero-order valence-corrected chi connectivity index (χ0v) is 12.5. The third-order valence-corrected chi connectivity index (χ3v) is 4.32. The van der Waals surface area contributed by atoms with Crippen molar-refractivity contribution < 1.29 is 4.42 Å². The summed E-state index contributed by atoms with van der Waals surface area (Å²) in [5, 5.41) is 1.67. The molecule has 102 valence electrons. The number of nitrogens with two attached hydrogens (primary N) is 1. The summed E-state index contributed by atoms with van der Waals surface area (Å²) in [5.41, 5.74) is 8.24. The van der Waals surface area contributed by atoms with Crippen LogP contribution in [0.25, 0.3) is 11.0 Å². The van der Waals surface area contributed by atoms with Crippen LogP contribution in [0.4, 0.5) is 0 Å². The number of hydrogen-bond acceptors (Lipinski definition) is 3. The molecule has 0 amide bonds. The Bertz CT molecular complexity index is 753. The lowest BCUT2D eigenvalue weighted by molar-refractivity contribution is 0.522. The van der Waals surface area contributed by atoms with Crippen LogP contribution in [0.3, 0.4) is 0 Å². The van der Waals surface area contributed by atoms with Gasteiger partial charge in [0.25, 0.3) is 0 Å². The molecule has 2 N–H and O–H groups in total. The normalized spacial score (nSPS) is 12.8. The van der Waals surface area contributed by atoms with E-state index < -0.39 is 0 Å². The van der Waals surface area contributed by atoms with E-state index in [0.717, 1.165) is 22.3 Å². The summed E-state index contributed by atoms with van der Waals surface area (Å²) < 4.78 is 5.85. The zero-order chi connectivity index (χ0) is 14.1. The summed E-state index contributed by atoms with van der Waals surface area (Å²) in [6, 6.07) is 15.4. The Morgan fingerprint density at radius 2 is 1.95 bits per heavy atom. The minimum Gasteiger partial charge on any atom is -0.459 e. The monoisotopic (exact) mass is 303 g/mol. The molecule has 0 fully saturated rings. The van der Waals surface area contributed by atoms with E-state index in [4.69, 9.17) is 21.8 Å². The molecule has 3 rings (SSSR count). The second kappa shape index (κ2) is 5.52. The van der Waals surface area contributed by atoms with Crippen LogP contribution in [-0.2, 0) is 0 Å². The molecule has 2 nitrogen and oxygen atoms in total. The van der Waals surface area contributed by atoms with Crippen molar-refractivity contribution in [2.75, 3.05) is 6.26 Å². The minimum atomic E-state index is -0.273. The van der Waals surface area contributed by atoms with E-state index in [-0.39, 0.29) is 6.04 Å². The highest BCUT2D eigenvalue weighted by molar-refractivity contribution is 7.98. The van der Waals surface area contributed by atoms with Crippen molar-refractivity contribution in [1.29, 1.82) is 0 Å². The molecule has 3 aromatic rings. The van der Waals surface area contributed by atoms with Crippen molar-refractivity contribution in [3.63, 3.8) is 0 Å². The van der Waals surface area contributed by atoms with Crippen molar-refractivity contribution in [3.05, 3.63) is 64.9 Å². The Morgan fingerprint density at radius 3 is 2.75 bits per heavy atom. The van der Waals surface area contributed by atoms with Crippen LogP contribution in [0.5, 0.6) is 0 Å². The van der Waals surface area contributed by atoms with Gasteiger partial charge in [0.2, 0.25) is 0 Å². The molecular formula is C16H14ClNOS. The average molecular weight is 304 g/mol. The molecule has 0 spiro atoms. The number of benzene rings is 2. The van der Waals surface area contributed by atoms with Crippen LogP contribution in [-0.4, -0.2) is 6.26 Å². The van der Waals surface area contributed by atoms with Gasteiger partial charge in [0, 0.05) is 15.3 Å². The van der Waals surface area contributed by atoms with Crippen molar-refractivity contribution >= 4 is 34.3 Å². The largest absolute Gasteiger partial charge is 0.459 e. The highest BCUT2D eigenvalue weighted by Crippen LogP contribution is 2.32. The van der Waals surface area contributed by atoms with Crippen LogP contribution in [0, 0.1) is 0 Å². The quantitative estimate of drug-likeness (QED) is 0.703. The molecule has 20 heavy (non-hydrogen) atoms. The number of rotatable bonds is 3. The van der Waals surface area contributed by atoms with Crippen LogP contribution < -0.4 is 5.73 Å². The van der Waals surface area contributed by atoms with Gasteiger partial charge in [-0.3, -0.25) is 0 Å². The first-order valence-electron chi connectivity index (χ1n) is 6.26. The smallest absolute Gasteiger partial charge is 0.134 e. The van der Waals surface area contributed by atoms with Crippen LogP contribution in [0.15, 0.2) is 57.8 Å². The maximum atomic E-state index is 6.35. The van der Waals surface area contributed by atoms with E-state index in [1.165, 1.54) is 4.90 Å². The SMILES string of the molecule is CSc1ccccc1C(N)c1cc2cc(Cl)ccc2o1. The first kappa shape index (κ1) is 13.6. The first-order chi connectivity index (χ1) is 9.69. The van der Waals surface area contributed by atoms with E-state index in [1.807, 2.05) is 48.7 Å². The molecule has 1 heterocycles. The number of furan rings is 1. The number of thioether (sulfide) groups is 1. The highest BCUT2D eigenvalue weighted by atomic mass is 35.5. The first-order valence-corrected chi connectivity index (χ1v) is 7.87. The lowest BCUT2D eigenvalue weighted by Crippen LogP contribution is -2.11. The number of fused-ring (bicyclic) bond motifs is 1. The van der Waals surface area contributed by atoms with E-state index >= 15 is 0 Å². The topological polar surface area (TPSA) is 39.2 Å². The van der Waals surface area contributed by atoms with Crippen molar-refractivity contribution in [1.82, 2.24) is 0 Å². The molecule has 0 radical (unpaired) electrons. The van der Waals surface area contributed by atoms with E-state index in [0.29, 0.717) is 5.02 Å². The maximum Gasteiger partial charge on any atom is 0.134 e. The summed E-state index contributed by atoms with van der Waals surface area (Å²) >= 11 is 7.68. The van der Waals surface area contributed by atoms with Gasteiger partial charge in [-0.25, -0.2) is 0 Å². The molecular weight excluding hydrogens is 290 g/mol. The summed E-state index contributed by atoms with van der Waals surface area (Å²) in [6.07, 6.45) is 2.05. The molecule has 4 heteroatoms. The standard InChI is InChI=1S/C16H14ClNOS/c1-20-15-5-3-2-4-12(15)16(18)14-9-10-8-11(17)6-7-13(10)19-14/h2-9,16H,18H2,1H3. The summed E-state index contributed by atoms with van der Waals surface area (Å²) in [6.45, 7) is 0. The highest BCUT2D eigenvalue weighted by Gasteiger charge is 2.17. The van der Waals surface area contributed by atoms with E-state index in [2.05, 4.69) is 6.07 Å². The second-order valence-corrected chi connectivity index (χ2v) is 5.84. The third-order valence-electron chi connectivity index (χ3n) is 3.28. The predicted octanol–water partition coefficient (Wildman–Crippen LogP) is 4.86. The van der Waals surface area contributed by atoms with Gasteiger partial charge < -0.3 is 10.2 Å². The average Bonchev–Trinajstić information content (AvgIpc) is 2.89. The third kappa shape index (κ3) is 2.44. The van der Waals surface area contributed by atoms with E-state index in [9.17, 15) is 0 Å². The Labute approximate surface area is 126 Å². The number of hydrogen-bond donors (Lipinski definition) is 1. The molecule has 0 bridgehead atoms. The fourth-order valence-corrected chi connectivity index (χ4v) is 3.09. The van der Waals surface area contributed by atoms with Crippen LogP contribution in [0.2, 0.25) is 5.02 Å². The minimum absolute atomic E-state index is 0.273. The van der Waals surface area contributed by atoms with Gasteiger partial charge in [0.15, 0.2) is 0 Å². The molecule has 1 unspecified atom stereocenters. The zero-order valence-electron chi connectivity index (χ0n) is 11.0. The van der Waals surface area contributed by atoms with Crippen molar-refractivity contribution in [2.24, 2.45) is 5.73 Å². The molecule has 0 saturated heterocycles. The lowest BCUT2D eigenvalue weighted by atomic mass is 10.1. The van der Waals surface area contributed by atoms with Gasteiger partial charge in [-0.1, -0.05) is 29.8 Å². The molecule has 0 aliphatic rings. The maximum absolute atomic E-state index is 6.35. The molecule has 0 aliphatic carbocycles. The summed E-state index contributed by atoms with van der Waals surface area (Å²) in [4.78, 5) is 1.17. The van der Waals surface area contributed by atoms with Gasteiger partial charge in [-0.05, 0) is 42.2 Å². The van der Waals surface area contributed by atoms with Crippen LogP contribution >= 0.6 is 23.4 Å². The van der Waals surface area contributed by atoms with Gasteiger partial charge in [0.05, 0.1) is 6.04 Å². The van der Waals surface area contributed by atoms with Crippen molar-refractivity contribution in [2.45, 2.75) is 10.9 Å².